The number of anilines is 1. The Bertz CT molecular complexity index is 1080. The number of hydrogen-bond donors (Lipinski definition) is 4. The predicted molar refractivity (Wildman–Crippen MR) is 164 cm³/mol. The Morgan fingerprint density at radius 2 is 1.21 bits per heavy atom. The van der Waals surface area contributed by atoms with Crippen molar-refractivity contribution >= 4 is 26.5 Å². The zero-order valence-electron chi connectivity index (χ0n) is 24.3. The van der Waals surface area contributed by atoms with Crippen LogP contribution < -0.4 is 15.8 Å². The van der Waals surface area contributed by atoms with Crippen molar-refractivity contribution in [3.8, 4) is 0 Å². The highest BCUT2D eigenvalue weighted by Crippen LogP contribution is 2.33. The van der Waals surface area contributed by atoms with Crippen LogP contribution in [-0.2, 0) is 16.4 Å². The summed E-state index contributed by atoms with van der Waals surface area (Å²) >= 11 is 0. The number of aryl methyl sites for hydroxylation is 1. The monoisotopic (exact) mass is 563 g/mol. The van der Waals surface area contributed by atoms with Crippen molar-refractivity contribution in [2.45, 2.75) is 113 Å². The van der Waals surface area contributed by atoms with Crippen LogP contribution in [0.4, 0.5) is 5.69 Å². The quantitative estimate of drug-likeness (QED) is 0.146. The number of benzene rings is 2. The molecule has 0 radical (unpaired) electrons. The highest BCUT2D eigenvalue weighted by molar-refractivity contribution is 7.89. The zero-order valence-corrected chi connectivity index (χ0v) is 25.2. The van der Waals surface area contributed by atoms with Crippen LogP contribution in [0.3, 0.4) is 0 Å². The summed E-state index contributed by atoms with van der Waals surface area (Å²) in [5.74, 6) is 0. The van der Waals surface area contributed by atoms with Gasteiger partial charge in [-0.3, -0.25) is 0 Å². The molecule has 0 saturated carbocycles. The van der Waals surface area contributed by atoms with E-state index in [2.05, 4.69) is 0 Å². The van der Waals surface area contributed by atoms with E-state index in [4.69, 9.17) is 10.9 Å². The van der Waals surface area contributed by atoms with Crippen molar-refractivity contribution in [3.05, 3.63) is 35.9 Å². The number of fused-ring (bicyclic) bond motifs is 1. The van der Waals surface area contributed by atoms with Gasteiger partial charge in [-0.15, -0.1) is 0 Å². The van der Waals surface area contributed by atoms with Gasteiger partial charge in [-0.2, -0.15) is 0 Å². The van der Waals surface area contributed by atoms with E-state index < -0.39 is 15.6 Å². The Labute approximate surface area is 237 Å². The maximum Gasteiger partial charge on any atom is 0.238 e. The van der Waals surface area contributed by atoms with E-state index >= 15 is 0 Å². The summed E-state index contributed by atoms with van der Waals surface area (Å²) in [6.07, 6.45) is 18.1. The van der Waals surface area contributed by atoms with Crippen molar-refractivity contribution in [1.29, 1.82) is 0 Å². The van der Waals surface area contributed by atoms with Crippen LogP contribution in [0.25, 0.3) is 10.8 Å². The molecule has 0 aliphatic rings. The molecule has 8 heteroatoms. The molecule has 0 aliphatic heterocycles. The van der Waals surface area contributed by atoms with Gasteiger partial charge in [0, 0.05) is 30.6 Å². The first-order chi connectivity index (χ1) is 18.6. The van der Waals surface area contributed by atoms with Crippen LogP contribution in [0.15, 0.2) is 35.2 Å². The van der Waals surface area contributed by atoms with E-state index in [0.29, 0.717) is 11.8 Å². The van der Waals surface area contributed by atoms with Crippen LogP contribution >= 0.6 is 0 Å². The van der Waals surface area contributed by atoms with Gasteiger partial charge >= 0.3 is 0 Å². The van der Waals surface area contributed by atoms with Gasteiger partial charge in [-0.05, 0) is 30.9 Å². The third-order valence-electron chi connectivity index (χ3n) is 7.84. The second kappa shape index (κ2) is 17.2. The molecule has 39 heavy (non-hydrogen) atoms. The minimum absolute atomic E-state index is 0.158. The van der Waals surface area contributed by atoms with Gasteiger partial charge in [0.05, 0.1) is 23.6 Å². The molecule has 0 aromatic heterocycles. The van der Waals surface area contributed by atoms with E-state index in [1.54, 1.807) is 0 Å². The van der Waals surface area contributed by atoms with Crippen LogP contribution in [0.1, 0.15) is 102 Å². The number of unbranched alkanes of at least 4 members (excludes halogenated alkanes) is 13. The summed E-state index contributed by atoms with van der Waals surface area (Å²) in [5, 5.41) is 25.7. The maximum atomic E-state index is 12.5. The summed E-state index contributed by atoms with van der Waals surface area (Å²) in [6, 6.07) is 9.70. The number of nitrogens with zero attached hydrogens (tertiary/aromatic N) is 1. The minimum atomic E-state index is -3.82. The standard InChI is InChI=1S/C31H53N3O4S/c1-34(2)29-20-17-19-28-27(29)22-21-26(30(28)39(33,37)38)18-15-13-11-9-7-5-3-4-6-8-10-12-14-16-23-31(32,24-35)25-36/h17,19-22,35-36H,3-16,18,23-25,32H2,1-2H3,(H2,33,37,38). The number of aliphatic hydroxyl groups excluding tert-OH is 2. The van der Waals surface area contributed by atoms with Crippen molar-refractivity contribution < 1.29 is 18.6 Å². The third-order valence-corrected chi connectivity index (χ3v) is 8.89. The summed E-state index contributed by atoms with van der Waals surface area (Å²) in [5.41, 5.74) is 6.89. The van der Waals surface area contributed by atoms with E-state index in [-0.39, 0.29) is 18.1 Å². The van der Waals surface area contributed by atoms with Gasteiger partial charge in [0.25, 0.3) is 0 Å². The molecule has 0 heterocycles. The fraction of sp³-hybridized carbons (Fsp3) is 0.677. The minimum Gasteiger partial charge on any atom is -0.394 e. The zero-order chi connectivity index (χ0) is 28.7. The second-order valence-corrected chi connectivity index (χ2v) is 13.0. The number of aliphatic hydroxyl groups is 2. The number of primary sulfonamides is 1. The molecule has 0 spiro atoms. The highest BCUT2D eigenvalue weighted by atomic mass is 32.2. The first-order valence-electron chi connectivity index (χ1n) is 14.9. The van der Waals surface area contributed by atoms with Crippen LogP contribution in [-0.4, -0.2) is 51.5 Å². The Kier molecular flexibility index (Phi) is 14.8. The molecule has 2 aromatic carbocycles. The number of nitrogens with two attached hydrogens (primary N) is 2. The summed E-state index contributed by atoms with van der Waals surface area (Å²) in [6.45, 7) is -0.315. The smallest absolute Gasteiger partial charge is 0.238 e. The molecule has 2 aromatic rings. The van der Waals surface area contributed by atoms with Gasteiger partial charge < -0.3 is 20.8 Å². The van der Waals surface area contributed by atoms with Crippen molar-refractivity contribution in [2.75, 3.05) is 32.2 Å². The van der Waals surface area contributed by atoms with Crippen molar-refractivity contribution in [3.63, 3.8) is 0 Å². The SMILES string of the molecule is CN(C)c1cccc2c(S(N)(=O)=O)c(CCCCCCCCCCCCCCCCC(N)(CO)CO)ccc12. The molecule has 0 unspecified atom stereocenters. The molecule has 0 aliphatic carbocycles. The van der Waals surface area contributed by atoms with E-state index in [0.717, 1.165) is 48.7 Å². The van der Waals surface area contributed by atoms with Gasteiger partial charge in [-0.1, -0.05) is 108 Å². The van der Waals surface area contributed by atoms with Crippen molar-refractivity contribution in [1.82, 2.24) is 0 Å². The first kappa shape index (κ1) is 33.5. The molecule has 7 nitrogen and oxygen atoms in total. The Hall–Kier alpha value is -1.71. The van der Waals surface area contributed by atoms with Crippen LogP contribution in [0.2, 0.25) is 0 Å². The van der Waals surface area contributed by atoms with Gasteiger partial charge in [0.15, 0.2) is 0 Å². The maximum absolute atomic E-state index is 12.5. The molecule has 0 saturated heterocycles. The fourth-order valence-electron chi connectivity index (χ4n) is 5.40. The fourth-order valence-corrected chi connectivity index (χ4v) is 6.42. The molecular formula is C31H53N3O4S. The Morgan fingerprint density at radius 3 is 1.67 bits per heavy atom. The number of rotatable bonds is 21. The lowest BCUT2D eigenvalue weighted by atomic mass is 9.94. The van der Waals surface area contributed by atoms with E-state index in [1.807, 2.05) is 49.3 Å². The lowest BCUT2D eigenvalue weighted by molar-refractivity contribution is 0.112. The normalized spacial score (nSPS) is 12.4. The first-order valence-corrected chi connectivity index (χ1v) is 16.4. The lowest BCUT2D eigenvalue weighted by Gasteiger charge is -2.24. The third kappa shape index (κ3) is 11.4. The summed E-state index contributed by atoms with van der Waals surface area (Å²) in [4.78, 5) is 2.27. The molecule has 2 rings (SSSR count). The van der Waals surface area contributed by atoms with Gasteiger partial charge in [0.1, 0.15) is 0 Å². The summed E-state index contributed by atoms with van der Waals surface area (Å²) in [7, 11) is 0.0896. The van der Waals surface area contributed by atoms with Crippen LogP contribution in [0.5, 0.6) is 0 Å². The average molecular weight is 564 g/mol. The molecule has 0 atom stereocenters. The largest absolute Gasteiger partial charge is 0.394 e. The van der Waals surface area contributed by atoms with E-state index in [9.17, 15) is 18.6 Å². The van der Waals surface area contributed by atoms with E-state index in [1.165, 1.54) is 64.2 Å². The number of hydrogen-bond acceptors (Lipinski definition) is 6. The lowest BCUT2D eigenvalue weighted by Crippen LogP contribution is -2.47. The molecule has 0 amide bonds. The molecule has 0 bridgehead atoms. The summed E-state index contributed by atoms with van der Waals surface area (Å²) < 4.78 is 25.0. The topological polar surface area (TPSA) is 130 Å². The molecule has 6 N–H and O–H groups in total. The van der Waals surface area contributed by atoms with Crippen molar-refractivity contribution in [2.24, 2.45) is 10.9 Å². The predicted octanol–water partition coefficient (Wildman–Crippen LogP) is 5.63. The average Bonchev–Trinajstić information content (AvgIpc) is 2.91. The van der Waals surface area contributed by atoms with Crippen LogP contribution in [0, 0.1) is 0 Å². The molecular weight excluding hydrogens is 510 g/mol. The van der Waals surface area contributed by atoms with Gasteiger partial charge in [-0.25, -0.2) is 13.6 Å². The molecule has 222 valence electrons. The Balaban J connectivity index is 1.58. The van der Waals surface area contributed by atoms with Gasteiger partial charge in [0.2, 0.25) is 10.0 Å². The molecule has 0 fully saturated rings. The Morgan fingerprint density at radius 1 is 0.718 bits per heavy atom. The second-order valence-electron chi connectivity index (χ2n) is 11.5. The highest BCUT2D eigenvalue weighted by Gasteiger charge is 2.22. The number of sulfonamides is 1.